The van der Waals surface area contributed by atoms with E-state index >= 15 is 0 Å². The van der Waals surface area contributed by atoms with Crippen molar-refractivity contribution in [1.82, 2.24) is 4.98 Å². The van der Waals surface area contributed by atoms with Crippen molar-refractivity contribution >= 4 is 17.4 Å². The molecule has 1 aliphatic carbocycles. The zero-order chi connectivity index (χ0) is 13.0. The number of ether oxygens (including phenoxy) is 1. The average Bonchev–Trinajstić information content (AvgIpc) is 2.33. The first-order valence-electron chi connectivity index (χ1n) is 5.97. The van der Waals surface area contributed by atoms with Gasteiger partial charge in [0.1, 0.15) is 5.02 Å². The van der Waals surface area contributed by atoms with Gasteiger partial charge in [-0.3, -0.25) is 0 Å². The van der Waals surface area contributed by atoms with Crippen LogP contribution in [0.3, 0.4) is 0 Å². The number of rotatable bonds is 5. The highest BCUT2D eigenvalue weighted by atomic mass is 35.5. The number of hydrogen-bond donors (Lipinski definition) is 2. The zero-order valence-electron chi connectivity index (χ0n) is 9.97. The normalized spacial score (nSPS) is 16.4. The average molecular weight is 270 g/mol. The Labute approximate surface area is 111 Å². The molecule has 0 aliphatic heterocycles. The molecular formula is C12H16ClN3O2. The van der Waals surface area contributed by atoms with E-state index in [9.17, 15) is 0 Å². The summed E-state index contributed by atoms with van der Waals surface area (Å²) in [6, 6.07) is 1.58. The van der Waals surface area contributed by atoms with Gasteiger partial charge >= 0.3 is 0 Å². The minimum atomic E-state index is -0.0498. The van der Waals surface area contributed by atoms with Gasteiger partial charge in [0.25, 0.3) is 0 Å². The van der Waals surface area contributed by atoms with Crippen LogP contribution in [0.4, 0.5) is 0 Å². The summed E-state index contributed by atoms with van der Waals surface area (Å²) < 4.78 is 5.54. The molecule has 0 saturated heterocycles. The first-order chi connectivity index (χ1) is 8.72. The van der Waals surface area contributed by atoms with Crippen molar-refractivity contribution in [3.63, 3.8) is 0 Å². The van der Waals surface area contributed by atoms with Crippen LogP contribution in [0.2, 0.25) is 5.02 Å². The minimum absolute atomic E-state index is 0.0498. The quantitative estimate of drug-likeness (QED) is 0.372. The molecule has 0 spiro atoms. The number of nitrogens with two attached hydrogens (primary N) is 1. The molecule has 1 saturated carbocycles. The fraction of sp³-hybridized carbons (Fsp3) is 0.500. The van der Waals surface area contributed by atoms with E-state index in [-0.39, 0.29) is 10.9 Å². The van der Waals surface area contributed by atoms with E-state index in [0.29, 0.717) is 18.1 Å². The highest BCUT2D eigenvalue weighted by Crippen LogP contribution is 2.30. The van der Waals surface area contributed by atoms with Crippen LogP contribution < -0.4 is 10.5 Å². The van der Waals surface area contributed by atoms with Gasteiger partial charge < -0.3 is 15.7 Å². The molecule has 1 fully saturated rings. The Morgan fingerprint density at radius 1 is 1.61 bits per heavy atom. The Morgan fingerprint density at radius 2 is 2.39 bits per heavy atom. The predicted molar refractivity (Wildman–Crippen MR) is 69.2 cm³/mol. The maximum atomic E-state index is 8.64. The third-order valence-corrected chi connectivity index (χ3v) is 3.60. The van der Waals surface area contributed by atoms with Crippen LogP contribution >= 0.6 is 11.6 Å². The van der Waals surface area contributed by atoms with Gasteiger partial charge in [0.05, 0.1) is 6.61 Å². The van der Waals surface area contributed by atoms with E-state index in [0.717, 1.165) is 12.3 Å². The lowest BCUT2D eigenvalue weighted by atomic mass is 9.83. The summed E-state index contributed by atoms with van der Waals surface area (Å²) in [5.41, 5.74) is 5.93. The van der Waals surface area contributed by atoms with Crippen LogP contribution in [0.1, 0.15) is 31.2 Å². The van der Waals surface area contributed by atoms with Crippen LogP contribution in [0.25, 0.3) is 0 Å². The number of nitrogens with zero attached hydrogens (tertiary/aromatic N) is 2. The third-order valence-electron chi connectivity index (χ3n) is 3.23. The maximum Gasteiger partial charge on any atom is 0.233 e. The van der Waals surface area contributed by atoms with Crippen molar-refractivity contribution in [3.8, 4) is 5.88 Å². The molecule has 0 bridgehead atoms. The predicted octanol–water partition coefficient (Wildman–Crippen LogP) is 2.40. The zero-order valence-corrected chi connectivity index (χ0v) is 10.7. The van der Waals surface area contributed by atoms with E-state index in [2.05, 4.69) is 10.1 Å². The summed E-state index contributed by atoms with van der Waals surface area (Å²) in [5.74, 6) is 1.06. The first kappa shape index (κ1) is 13.0. The lowest BCUT2D eigenvalue weighted by Crippen LogP contribution is -2.16. The lowest BCUT2D eigenvalue weighted by Gasteiger charge is -2.24. The van der Waals surface area contributed by atoms with Gasteiger partial charge in [-0.1, -0.05) is 36.0 Å². The second kappa shape index (κ2) is 5.91. The van der Waals surface area contributed by atoms with E-state index in [1.807, 2.05) is 0 Å². The summed E-state index contributed by atoms with van der Waals surface area (Å²) in [7, 11) is 0. The molecule has 18 heavy (non-hydrogen) atoms. The van der Waals surface area contributed by atoms with Crippen molar-refractivity contribution in [3.05, 3.63) is 22.8 Å². The van der Waals surface area contributed by atoms with Crippen molar-refractivity contribution in [2.24, 2.45) is 16.8 Å². The van der Waals surface area contributed by atoms with Crippen LogP contribution in [0, 0.1) is 5.92 Å². The van der Waals surface area contributed by atoms with E-state index in [1.165, 1.54) is 25.5 Å². The SMILES string of the molecule is N/C(=N/O)c1ccnc(OCCC2CCC2)c1Cl. The second-order valence-electron chi connectivity index (χ2n) is 4.40. The fourth-order valence-electron chi connectivity index (χ4n) is 1.88. The molecule has 1 aromatic rings. The Kier molecular flexibility index (Phi) is 4.25. The van der Waals surface area contributed by atoms with Crippen LogP contribution in [-0.2, 0) is 0 Å². The number of halogens is 1. The Morgan fingerprint density at radius 3 is 3.00 bits per heavy atom. The van der Waals surface area contributed by atoms with Crippen LogP contribution in [0.15, 0.2) is 17.4 Å². The van der Waals surface area contributed by atoms with Gasteiger partial charge in [-0.15, -0.1) is 0 Å². The molecule has 3 N–H and O–H groups in total. The molecule has 0 amide bonds. The molecule has 0 atom stereocenters. The Balaban J connectivity index is 1.99. The van der Waals surface area contributed by atoms with Gasteiger partial charge in [0, 0.05) is 11.8 Å². The van der Waals surface area contributed by atoms with Crippen molar-refractivity contribution in [2.75, 3.05) is 6.61 Å². The molecule has 2 rings (SSSR count). The molecule has 1 aromatic heterocycles. The van der Waals surface area contributed by atoms with Gasteiger partial charge in [0.2, 0.25) is 5.88 Å². The molecule has 0 aromatic carbocycles. The van der Waals surface area contributed by atoms with Gasteiger partial charge in [-0.25, -0.2) is 4.98 Å². The Bertz CT molecular complexity index is 447. The lowest BCUT2D eigenvalue weighted by molar-refractivity contribution is 0.217. The fourth-order valence-corrected chi connectivity index (χ4v) is 2.14. The summed E-state index contributed by atoms with van der Waals surface area (Å²) >= 11 is 6.09. The van der Waals surface area contributed by atoms with E-state index in [1.54, 1.807) is 6.07 Å². The van der Waals surface area contributed by atoms with Crippen molar-refractivity contribution < 1.29 is 9.94 Å². The van der Waals surface area contributed by atoms with Gasteiger partial charge in [0.15, 0.2) is 5.84 Å². The number of hydrogen-bond acceptors (Lipinski definition) is 4. The molecule has 5 nitrogen and oxygen atoms in total. The van der Waals surface area contributed by atoms with Crippen LogP contribution in [0.5, 0.6) is 5.88 Å². The van der Waals surface area contributed by atoms with Crippen molar-refractivity contribution in [2.45, 2.75) is 25.7 Å². The maximum absolute atomic E-state index is 8.64. The molecule has 0 radical (unpaired) electrons. The van der Waals surface area contributed by atoms with E-state index in [4.69, 9.17) is 27.3 Å². The first-order valence-corrected chi connectivity index (χ1v) is 6.35. The smallest absolute Gasteiger partial charge is 0.233 e. The van der Waals surface area contributed by atoms with Gasteiger partial charge in [-0.2, -0.15) is 0 Å². The van der Waals surface area contributed by atoms with Gasteiger partial charge in [-0.05, 0) is 18.4 Å². The largest absolute Gasteiger partial charge is 0.477 e. The number of amidine groups is 1. The highest BCUT2D eigenvalue weighted by molar-refractivity contribution is 6.35. The monoisotopic (exact) mass is 269 g/mol. The van der Waals surface area contributed by atoms with E-state index < -0.39 is 0 Å². The molecule has 98 valence electrons. The number of aromatic nitrogens is 1. The molecule has 1 heterocycles. The number of oxime groups is 1. The van der Waals surface area contributed by atoms with Crippen molar-refractivity contribution in [1.29, 1.82) is 0 Å². The second-order valence-corrected chi connectivity index (χ2v) is 4.77. The Hall–Kier alpha value is -1.49. The van der Waals surface area contributed by atoms with Crippen LogP contribution in [-0.4, -0.2) is 22.6 Å². The summed E-state index contributed by atoms with van der Waals surface area (Å²) in [6.07, 6.45) is 6.44. The molecule has 0 unspecified atom stereocenters. The number of pyridine rings is 1. The standard InChI is InChI=1S/C12H16ClN3O2/c13-10-9(11(14)16-17)4-6-15-12(10)18-7-5-8-2-1-3-8/h4,6,8,17H,1-3,5,7H2,(H2,14,16). The third kappa shape index (κ3) is 2.85. The topological polar surface area (TPSA) is 80.7 Å². The molecule has 6 heteroatoms. The summed E-state index contributed by atoms with van der Waals surface area (Å²) in [6.45, 7) is 0.594. The summed E-state index contributed by atoms with van der Waals surface area (Å²) in [5, 5.41) is 11.8. The molecular weight excluding hydrogens is 254 g/mol. The highest BCUT2D eigenvalue weighted by Gasteiger charge is 2.18. The minimum Gasteiger partial charge on any atom is -0.477 e. The summed E-state index contributed by atoms with van der Waals surface area (Å²) in [4.78, 5) is 4.05. The molecule has 1 aliphatic rings.